The Balaban J connectivity index is 1.32. The van der Waals surface area contributed by atoms with E-state index in [-0.39, 0.29) is 12.3 Å². The van der Waals surface area contributed by atoms with Gasteiger partial charge in [0.1, 0.15) is 5.75 Å². The molecule has 0 spiro atoms. The van der Waals surface area contributed by atoms with Gasteiger partial charge in [0.2, 0.25) is 5.91 Å². The number of carbonyl (C=O) groups excluding carboxylic acids is 2. The molecule has 5 nitrogen and oxygen atoms in total. The number of rotatable bonds is 6. The van der Waals surface area contributed by atoms with E-state index in [4.69, 9.17) is 4.74 Å². The highest BCUT2D eigenvalue weighted by molar-refractivity contribution is 5.92. The van der Waals surface area contributed by atoms with Crippen molar-refractivity contribution in [2.75, 3.05) is 0 Å². The van der Waals surface area contributed by atoms with Crippen LogP contribution in [0.5, 0.6) is 5.75 Å². The summed E-state index contributed by atoms with van der Waals surface area (Å²) in [5.41, 5.74) is 5.78. The normalized spacial score (nSPS) is 10.9. The second-order valence-corrected chi connectivity index (χ2v) is 7.44. The minimum atomic E-state index is -0.407. The zero-order valence-electron chi connectivity index (χ0n) is 17.6. The van der Waals surface area contributed by atoms with Gasteiger partial charge in [0.25, 0.3) is 0 Å². The number of nitrogens with zero attached hydrogens (tertiary/aromatic N) is 1. The van der Waals surface area contributed by atoms with Gasteiger partial charge in [-0.3, -0.25) is 4.79 Å². The van der Waals surface area contributed by atoms with Gasteiger partial charge in [-0.25, -0.2) is 10.2 Å². The van der Waals surface area contributed by atoms with Gasteiger partial charge in [-0.15, -0.1) is 0 Å². The minimum absolute atomic E-state index is 0.193. The first kappa shape index (κ1) is 21.0. The molecule has 0 bridgehead atoms. The highest BCUT2D eigenvalue weighted by Gasteiger charge is 2.09. The van der Waals surface area contributed by atoms with Crippen molar-refractivity contribution in [1.82, 2.24) is 5.43 Å². The largest absolute Gasteiger partial charge is 0.423 e. The summed E-state index contributed by atoms with van der Waals surface area (Å²) in [7, 11) is 0. The van der Waals surface area contributed by atoms with E-state index in [1.54, 1.807) is 42.6 Å². The predicted octanol–water partition coefficient (Wildman–Crippen LogP) is 5.06. The molecule has 32 heavy (non-hydrogen) atoms. The second-order valence-electron chi connectivity index (χ2n) is 7.44. The topological polar surface area (TPSA) is 67.8 Å². The lowest BCUT2D eigenvalue weighted by molar-refractivity contribution is -0.120. The summed E-state index contributed by atoms with van der Waals surface area (Å²) in [5.74, 6) is -0.161. The SMILES string of the molecule is Cc1cccc(C(=O)Oc2ccc(C=NNC(=O)Cc3cccc4ccccc34)cc2)c1. The van der Waals surface area contributed by atoms with Crippen molar-refractivity contribution >= 4 is 28.9 Å². The number of nitrogens with one attached hydrogen (secondary N) is 1. The third-order valence-electron chi connectivity index (χ3n) is 4.98. The van der Waals surface area contributed by atoms with E-state index < -0.39 is 5.97 Å². The molecule has 4 rings (SSSR count). The molecule has 4 aromatic carbocycles. The van der Waals surface area contributed by atoms with Gasteiger partial charge in [0, 0.05) is 0 Å². The van der Waals surface area contributed by atoms with E-state index in [9.17, 15) is 9.59 Å². The van der Waals surface area contributed by atoms with Crippen molar-refractivity contribution in [2.24, 2.45) is 5.10 Å². The maximum atomic E-state index is 12.3. The van der Waals surface area contributed by atoms with E-state index in [0.29, 0.717) is 11.3 Å². The fraction of sp³-hybridized carbons (Fsp3) is 0.0741. The first-order chi connectivity index (χ1) is 15.6. The minimum Gasteiger partial charge on any atom is -0.423 e. The van der Waals surface area contributed by atoms with Crippen molar-refractivity contribution in [3.63, 3.8) is 0 Å². The quantitative estimate of drug-likeness (QED) is 0.204. The number of esters is 1. The van der Waals surface area contributed by atoms with E-state index in [1.807, 2.05) is 61.5 Å². The average Bonchev–Trinajstić information content (AvgIpc) is 2.80. The first-order valence-electron chi connectivity index (χ1n) is 10.3. The summed E-state index contributed by atoms with van der Waals surface area (Å²) in [6, 6.07) is 28.0. The number of amides is 1. The second kappa shape index (κ2) is 9.71. The zero-order valence-corrected chi connectivity index (χ0v) is 17.6. The van der Waals surface area contributed by atoms with Crippen LogP contribution in [0.4, 0.5) is 0 Å². The number of fused-ring (bicyclic) bond motifs is 1. The maximum absolute atomic E-state index is 12.3. The van der Waals surface area contributed by atoms with E-state index in [0.717, 1.165) is 27.5 Å². The van der Waals surface area contributed by atoms with Crippen LogP contribution in [-0.4, -0.2) is 18.1 Å². The molecule has 0 saturated heterocycles. The third kappa shape index (κ3) is 5.26. The van der Waals surface area contributed by atoms with Gasteiger partial charge in [0.05, 0.1) is 18.2 Å². The summed E-state index contributed by atoms with van der Waals surface area (Å²) in [4.78, 5) is 24.5. The summed E-state index contributed by atoms with van der Waals surface area (Å²) in [6.45, 7) is 1.92. The molecule has 0 aromatic heterocycles. The fourth-order valence-corrected chi connectivity index (χ4v) is 3.40. The van der Waals surface area contributed by atoms with Gasteiger partial charge >= 0.3 is 5.97 Å². The number of hydrogen-bond donors (Lipinski definition) is 1. The van der Waals surface area contributed by atoms with Crippen LogP contribution in [0.2, 0.25) is 0 Å². The van der Waals surface area contributed by atoms with Gasteiger partial charge in [-0.05, 0) is 65.2 Å². The molecule has 1 amide bonds. The lowest BCUT2D eigenvalue weighted by Gasteiger charge is -2.06. The van der Waals surface area contributed by atoms with E-state index >= 15 is 0 Å². The highest BCUT2D eigenvalue weighted by Crippen LogP contribution is 2.19. The van der Waals surface area contributed by atoms with Crippen LogP contribution in [0.1, 0.15) is 27.0 Å². The van der Waals surface area contributed by atoms with Crippen LogP contribution in [0, 0.1) is 6.92 Å². The lowest BCUT2D eigenvalue weighted by Crippen LogP contribution is -2.19. The average molecular weight is 422 g/mol. The fourth-order valence-electron chi connectivity index (χ4n) is 3.40. The van der Waals surface area contributed by atoms with Gasteiger partial charge in [-0.2, -0.15) is 5.10 Å². The molecule has 5 heteroatoms. The van der Waals surface area contributed by atoms with Crippen molar-refractivity contribution in [3.05, 3.63) is 113 Å². The summed E-state index contributed by atoms with van der Waals surface area (Å²) in [6.07, 6.45) is 1.79. The molecular weight excluding hydrogens is 400 g/mol. The molecule has 0 unspecified atom stereocenters. The van der Waals surface area contributed by atoms with Crippen LogP contribution in [0.15, 0.2) is 96.1 Å². The Labute approximate surface area is 186 Å². The predicted molar refractivity (Wildman–Crippen MR) is 126 cm³/mol. The van der Waals surface area contributed by atoms with Crippen LogP contribution in [0.3, 0.4) is 0 Å². The molecule has 0 aliphatic carbocycles. The molecule has 0 aliphatic rings. The molecule has 4 aromatic rings. The molecular formula is C27H22N2O3. The Bertz CT molecular complexity index is 1290. The highest BCUT2D eigenvalue weighted by atomic mass is 16.5. The number of aryl methyl sites for hydroxylation is 1. The smallest absolute Gasteiger partial charge is 0.343 e. The van der Waals surface area contributed by atoms with Gasteiger partial charge < -0.3 is 4.74 Å². The molecule has 0 radical (unpaired) electrons. The Kier molecular flexibility index (Phi) is 6.37. The summed E-state index contributed by atoms with van der Waals surface area (Å²) in [5, 5.41) is 6.19. The molecule has 0 heterocycles. The number of ether oxygens (including phenoxy) is 1. The standard InChI is InChI=1S/C27H22N2O3/c1-19-6-4-10-23(16-19)27(31)32-24-14-12-20(13-15-24)18-28-29-26(30)17-22-9-5-8-21-7-2-3-11-25(21)22/h2-16,18H,17H2,1H3,(H,29,30). The molecule has 0 saturated carbocycles. The van der Waals surface area contributed by atoms with E-state index in [2.05, 4.69) is 10.5 Å². The first-order valence-corrected chi connectivity index (χ1v) is 10.3. The van der Waals surface area contributed by atoms with Gasteiger partial charge in [-0.1, -0.05) is 60.2 Å². The van der Waals surface area contributed by atoms with Crippen LogP contribution >= 0.6 is 0 Å². The van der Waals surface area contributed by atoms with E-state index in [1.165, 1.54) is 0 Å². The molecule has 0 aliphatic heterocycles. The Morgan fingerprint density at radius 2 is 1.66 bits per heavy atom. The van der Waals surface area contributed by atoms with Crippen LogP contribution in [0.25, 0.3) is 10.8 Å². The summed E-state index contributed by atoms with van der Waals surface area (Å²) < 4.78 is 5.40. The van der Waals surface area contributed by atoms with Crippen molar-refractivity contribution < 1.29 is 14.3 Å². The Morgan fingerprint density at radius 3 is 2.47 bits per heavy atom. The monoisotopic (exact) mass is 422 g/mol. The molecule has 0 atom stereocenters. The van der Waals surface area contributed by atoms with Crippen LogP contribution < -0.4 is 10.2 Å². The van der Waals surface area contributed by atoms with Crippen molar-refractivity contribution in [1.29, 1.82) is 0 Å². The third-order valence-corrected chi connectivity index (χ3v) is 4.98. The Hall–Kier alpha value is -4.25. The number of hydrogen-bond acceptors (Lipinski definition) is 4. The summed E-state index contributed by atoms with van der Waals surface area (Å²) >= 11 is 0. The molecule has 1 N–H and O–H groups in total. The lowest BCUT2D eigenvalue weighted by atomic mass is 10.0. The van der Waals surface area contributed by atoms with Crippen molar-refractivity contribution in [2.45, 2.75) is 13.3 Å². The number of benzene rings is 4. The van der Waals surface area contributed by atoms with Crippen molar-refractivity contribution in [3.8, 4) is 5.75 Å². The number of carbonyl (C=O) groups is 2. The van der Waals surface area contributed by atoms with Crippen LogP contribution in [-0.2, 0) is 11.2 Å². The van der Waals surface area contributed by atoms with Gasteiger partial charge in [0.15, 0.2) is 0 Å². The number of hydrazone groups is 1. The maximum Gasteiger partial charge on any atom is 0.343 e. The molecule has 0 fully saturated rings. The zero-order chi connectivity index (χ0) is 22.3. The molecule has 158 valence electrons. The Morgan fingerprint density at radius 1 is 0.906 bits per heavy atom.